The molecule has 0 bridgehead atoms. The summed E-state index contributed by atoms with van der Waals surface area (Å²) in [5.74, 6) is 1.74. The van der Waals surface area contributed by atoms with Crippen LogP contribution in [0.25, 0.3) is 0 Å². The summed E-state index contributed by atoms with van der Waals surface area (Å²) in [6.45, 7) is 9.38. The normalized spacial score (nSPS) is 11.7. The van der Waals surface area contributed by atoms with Crippen molar-refractivity contribution in [2.75, 3.05) is 57.2 Å². The minimum atomic E-state index is -4.45. The van der Waals surface area contributed by atoms with Crippen LogP contribution in [0, 0.1) is 0 Å². The van der Waals surface area contributed by atoms with E-state index in [1.54, 1.807) is 24.3 Å². The van der Waals surface area contributed by atoms with Gasteiger partial charge >= 0.3 is 6.18 Å². The average Bonchev–Trinajstić information content (AvgIpc) is 3.01. The number of likely N-dealkylation sites (N-methyl/N-ethyl adjacent to an activating group) is 1. The molecule has 242 valence electrons. The van der Waals surface area contributed by atoms with Gasteiger partial charge in [0.15, 0.2) is 6.29 Å². The number of rotatable bonds is 14. The number of aliphatic imine (C=N–C) groups is 2. The topological polar surface area (TPSA) is 129 Å². The van der Waals surface area contributed by atoms with Gasteiger partial charge in [0.25, 0.3) is 0 Å². The van der Waals surface area contributed by atoms with Gasteiger partial charge in [-0.1, -0.05) is 43.0 Å². The van der Waals surface area contributed by atoms with Crippen LogP contribution in [0.1, 0.15) is 22.8 Å². The molecule has 0 aliphatic heterocycles. The number of carbonyl (C=O) groups excluding carboxylic acids is 1. The lowest BCUT2D eigenvalue weighted by molar-refractivity contribution is -0.137. The molecule has 3 rings (SSSR count). The highest BCUT2D eigenvalue weighted by molar-refractivity contribution is 6.02. The standard InChI is InChI=1S/C24H34N6O3.C8H5F3O/c1-19(26-14-16-33-18-17-32-15-13-25-3)28-24(30-22-9-11-23(31)12-10-22)29-20(2)27-21-7-5-4-6-8-21;9-8(10,11)7-4-2-1-3-6(7)5-12/h4-12,25,27,31H,2,13-18H2,1,3H3,(H2,26,28,29,30);1-5H. The van der Waals surface area contributed by atoms with Crippen LogP contribution in [-0.2, 0) is 15.7 Å². The first-order valence-corrected chi connectivity index (χ1v) is 14.0. The first-order chi connectivity index (χ1) is 21.6. The molecule has 0 aliphatic carbocycles. The Hall–Kier alpha value is -4.72. The van der Waals surface area contributed by atoms with E-state index in [0.29, 0.717) is 50.6 Å². The van der Waals surface area contributed by atoms with Crippen LogP contribution in [0.2, 0.25) is 0 Å². The predicted molar refractivity (Wildman–Crippen MR) is 172 cm³/mol. The number of benzene rings is 3. The van der Waals surface area contributed by atoms with Crippen LogP contribution in [-0.4, -0.2) is 69.8 Å². The summed E-state index contributed by atoms with van der Waals surface area (Å²) in [5.41, 5.74) is 0.433. The molecule has 0 amide bonds. The second-order valence-electron chi connectivity index (χ2n) is 9.19. The summed E-state index contributed by atoms with van der Waals surface area (Å²) < 4.78 is 47.2. The van der Waals surface area contributed by atoms with E-state index in [0.717, 1.165) is 30.1 Å². The van der Waals surface area contributed by atoms with Gasteiger partial charge in [-0.25, -0.2) is 4.99 Å². The second-order valence-corrected chi connectivity index (χ2v) is 9.19. The number of phenolic OH excluding ortho intramolecular Hbond substituents is 1. The van der Waals surface area contributed by atoms with Crippen LogP contribution >= 0.6 is 0 Å². The quantitative estimate of drug-likeness (QED) is 0.0519. The molecule has 0 aromatic heterocycles. The summed E-state index contributed by atoms with van der Waals surface area (Å²) >= 11 is 0. The molecule has 0 heterocycles. The number of aromatic hydroxyl groups is 1. The molecular weight excluding hydrogens is 589 g/mol. The first-order valence-electron chi connectivity index (χ1n) is 14.0. The maximum Gasteiger partial charge on any atom is 0.417 e. The van der Waals surface area contributed by atoms with E-state index in [4.69, 9.17) is 9.47 Å². The molecule has 0 saturated carbocycles. The van der Waals surface area contributed by atoms with Crippen molar-refractivity contribution in [1.29, 1.82) is 0 Å². The van der Waals surface area contributed by atoms with Crippen molar-refractivity contribution in [3.05, 3.63) is 102 Å². The summed E-state index contributed by atoms with van der Waals surface area (Å²) in [5, 5.41) is 22.0. The lowest BCUT2D eigenvalue weighted by Crippen LogP contribution is -2.33. The van der Waals surface area contributed by atoms with Crippen molar-refractivity contribution in [3.63, 3.8) is 0 Å². The molecule has 45 heavy (non-hydrogen) atoms. The molecule has 0 atom stereocenters. The van der Waals surface area contributed by atoms with E-state index in [-0.39, 0.29) is 17.6 Å². The fourth-order valence-corrected chi connectivity index (χ4v) is 3.46. The van der Waals surface area contributed by atoms with E-state index < -0.39 is 11.7 Å². The zero-order chi connectivity index (χ0) is 32.9. The predicted octanol–water partition coefficient (Wildman–Crippen LogP) is 5.52. The minimum Gasteiger partial charge on any atom is -0.508 e. The largest absolute Gasteiger partial charge is 0.508 e. The van der Waals surface area contributed by atoms with E-state index >= 15 is 0 Å². The Labute approximate surface area is 261 Å². The number of alkyl halides is 3. The first kappa shape index (κ1) is 36.5. The van der Waals surface area contributed by atoms with Gasteiger partial charge in [-0.15, -0.1) is 0 Å². The molecule has 13 heteroatoms. The molecule has 0 spiro atoms. The number of amidine groups is 1. The number of nitrogens with one attached hydrogen (secondary N) is 4. The Morgan fingerprint density at radius 3 is 2.13 bits per heavy atom. The minimum absolute atomic E-state index is 0.187. The van der Waals surface area contributed by atoms with Gasteiger partial charge in [0.05, 0.1) is 38.5 Å². The third-order valence-corrected chi connectivity index (χ3v) is 5.58. The van der Waals surface area contributed by atoms with Crippen molar-refractivity contribution < 1.29 is 32.5 Å². The molecule has 10 nitrogen and oxygen atoms in total. The van der Waals surface area contributed by atoms with Gasteiger partial charge in [0.1, 0.15) is 17.4 Å². The number of hydrogen-bond acceptors (Lipinski definition) is 7. The Bertz CT molecular complexity index is 1370. The van der Waals surface area contributed by atoms with Gasteiger partial charge in [-0.3, -0.25) is 9.79 Å². The van der Waals surface area contributed by atoms with E-state index in [1.165, 1.54) is 12.1 Å². The lowest BCUT2D eigenvalue weighted by Gasteiger charge is -2.16. The van der Waals surface area contributed by atoms with Gasteiger partial charge in [0, 0.05) is 23.5 Å². The van der Waals surface area contributed by atoms with E-state index in [1.807, 2.05) is 44.3 Å². The number of phenols is 1. The van der Waals surface area contributed by atoms with Crippen LogP contribution < -0.4 is 21.3 Å². The fourth-order valence-electron chi connectivity index (χ4n) is 3.46. The number of ether oxygens (including phenoxy) is 2. The van der Waals surface area contributed by atoms with E-state index in [9.17, 15) is 23.1 Å². The van der Waals surface area contributed by atoms with Crippen LogP contribution in [0.4, 0.5) is 24.5 Å². The summed E-state index contributed by atoms with van der Waals surface area (Å²) in [4.78, 5) is 19.2. The maximum atomic E-state index is 12.1. The molecule has 0 saturated heterocycles. The number of para-hydroxylation sites is 1. The number of carbonyl (C=O) groups is 1. The van der Waals surface area contributed by atoms with Gasteiger partial charge < -0.3 is 35.8 Å². The number of guanidine groups is 1. The van der Waals surface area contributed by atoms with Crippen molar-refractivity contribution in [2.24, 2.45) is 9.98 Å². The van der Waals surface area contributed by atoms with Crippen LogP contribution in [0.15, 0.2) is 101 Å². The lowest BCUT2D eigenvalue weighted by atomic mass is 10.1. The Morgan fingerprint density at radius 1 is 0.889 bits per heavy atom. The third kappa shape index (κ3) is 15.5. The number of halogens is 3. The van der Waals surface area contributed by atoms with Crippen molar-refractivity contribution >= 4 is 29.5 Å². The van der Waals surface area contributed by atoms with Crippen molar-refractivity contribution in [3.8, 4) is 5.75 Å². The Morgan fingerprint density at radius 2 is 1.51 bits per heavy atom. The van der Waals surface area contributed by atoms with E-state index in [2.05, 4.69) is 37.8 Å². The number of hydrogen-bond donors (Lipinski definition) is 5. The molecule has 3 aromatic carbocycles. The second kappa shape index (κ2) is 20.3. The summed E-state index contributed by atoms with van der Waals surface area (Å²) in [6.07, 6.45) is -4.25. The highest BCUT2D eigenvalue weighted by Crippen LogP contribution is 2.30. The molecule has 0 aliphatic rings. The number of anilines is 2. The fraction of sp³-hybridized carbons (Fsp3) is 0.281. The average molecular weight is 629 g/mol. The molecule has 3 aromatic rings. The van der Waals surface area contributed by atoms with Crippen LogP contribution in [0.3, 0.4) is 0 Å². The molecule has 5 N–H and O–H groups in total. The Kier molecular flexibility index (Phi) is 16.4. The van der Waals surface area contributed by atoms with Crippen LogP contribution in [0.5, 0.6) is 5.75 Å². The highest BCUT2D eigenvalue weighted by Gasteiger charge is 2.32. The van der Waals surface area contributed by atoms with Gasteiger partial charge in [-0.2, -0.15) is 13.2 Å². The van der Waals surface area contributed by atoms with Crippen molar-refractivity contribution in [2.45, 2.75) is 13.1 Å². The zero-order valence-corrected chi connectivity index (χ0v) is 25.2. The number of aldehydes is 1. The third-order valence-electron chi connectivity index (χ3n) is 5.58. The summed E-state index contributed by atoms with van der Waals surface area (Å²) in [7, 11) is 1.89. The van der Waals surface area contributed by atoms with Gasteiger partial charge in [0.2, 0.25) is 5.96 Å². The maximum absolute atomic E-state index is 12.1. The highest BCUT2D eigenvalue weighted by atomic mass is 19.4. The van der Waals surface area contributed by atoms with Gasteiger partial charge in [-0.05, 0) is 56.4 Å². The molecule has 0 unspecified atom stereocenters. The summed E-state index contributed by atoms with van der Waals surface area (Å²) in [6, 6.07) is 21.0. The zero-order valence-electron chi connectivity index (χ0n) is 25.2. The molecule has 0 radical (unpaired) electrons. The number of nitrogens with zero attached hydrogens (tertiary/aromatic N) is 2. The van der Waals surface area contributed by atoms with Crippen molar-refractivity contribution in [1.82, 2.24) is 10.6 Å². The smallest absolute Gasteiger partial charge is 0.417 e. The molecular formula is C32H39F3N6O4. The Balaban J connectivity index is 0.000000490. The SMILES string of the molecule is C=C(NC(=NC(C)=NCCOCCOCCNC)Nc1ccc(O)cc1)Nc1ccccc1.O=Cc1ccccc1C(F)(F)F. The monoisotopic (exact) mass is 628 g/mol. The molecule has 0 fully saturated rings.